The fourth-order valence-electron chi connectivity index (χ4n) is 2.35. The molecule has 0 aliphatic rings. The van der Waals surface area contributed by atoms with Gasteiger partial charge in [-0.05, 0) is 43.0 Å². The number of rotatable bonds is 6. The fraction of sp³-hybridized carbons (Fsp3) is 0.294. The predicted molar refractivity (Wildman–Crippen MR) is 93.8 cm³/mol. The smallest absolute Gasteiger partial charge is 0.274 e. The summed E-state index contributed by atoms with van der Waals surface area (Å²) in [7, 11) is -3.80. The van der Waals surface area contributed by atoms with E-state index in [1.54, 1.807) is 24.3 Å². The lowest BCUT2D eigenvalue weighted by Gasteiger charge is -2.12. The highest BCUT2D eigenvalue weighted by Crippen LogP contribution is 2.27. The number of hydrogen-bond donors (Lipinski definition) is 1. The minimum atomic E-state index is -3.80. The molecule has 0 spiro atoms. The van der Waals surface area contributed by atoms with E-state index in [0.29, 0.717) is 5.92 Å². The maximum absolute atomic E-state index is 12.5. The average Bonchev–Trinajstić information content (AvgIpc) is 2.55. The summed E-state index contributed by atoms with van der Waals surface area (Å²) in [6.07, 6.45) is 0.969. The summed E-state index contributed by atoms with van der Waals surface area (Å²) in [5.74, 6) is 0.355. The van der Waals surface area contributed by atoms with Crippen molar-refractivity contribution in [1.82, 2.24) is 0 Å². The number of nitrogens with zero attached hydrogens (tertiary/aromatic N) is 1. The molecule has 2 aromatic carbocycles. The number of benzene rings is 2. The Morgan fingerprint density at radius 1 is 1.17 bits per heavy atom. The van der Waals surface area contributed by atoms with Crippen LogP contribution in [0, 0.1) is 17.0 Å². The van der Waals surface area contributed by atoms with Crippen LogP contribution in [-0.4, -0.2) is 13.3 Å². The highest BCUT2D eigenvalue weighted by molar-refractivity contribution is 7.92. The van der Waals surface area contributed by atoms with Gasteiger partial charge in [0, 0.05) is 6.07 Å². The highest BCUT2D eigenvalue weighted by Gasteiger charge is 2.19. The van der Waals surface area contributed by atoms with Crippen molar-refractivity contribution in [1.29, 1.82) is 0 Å². The second-order valence-corrected chi connectivity index (χ2v) is 7.37. The Hall–Kier alpha value is -2.41. The molecule has 1 unspecified atom stereocenters. The number of anilines is 1. The molecular formula is C17H20N2O4S. The maximum Gasteiger partial charge on any atom is 0.274 e. The summed E-state index contributed by atoms with van der Waals surface area (Å²) >= 11 is 0. The molecule has 0 saturated carbocycles. The SMILES string of the molecule is CCC(C)c1ccc(S(=O)(=O)Nc2cccc([N+](=O)[O-])c2C)cc1. The number of nitrogens with one attached hydrogen (secondary N) is 1. The van der Waals surface area contributed by atoms with Crippen LogP contribution in [0.5, 0.6) is 0 Å². The molecule has 0 bridgehead atoms. The molecule has 7 heteroatoms. The summed E-state index contributed by atoms with van der Waals surface area (Å²) in [5.41, 5.74) is 1.43. The zero-order valence-electron chi connectivity index (χ0n) is 13.8. The summed E-state index contributed by atoms with van der Waals surface area (Å²) in [6, 6.07) is 11.0. The molecule has 6 nitrogen and oxygen atoms in total. The van der Waals surface area contributed by atoms with Crippen molar-refractivity contribution in [2.75, 3.05) is 4.72 Å². The molecule has 0 aliphatic carbocycles. The van der Waals surface area contributed by atoms with E-state index in [-0.39, 0.29) is 21.8 Å². The molecule has 1 atom stereocenters. The summed E-state index contributed by atoms with van der Waals surface area (Å²) < 4.78 is 27.4. The quantitative estimate of drug-likeness (QED) is 0.625. The summed E-state index contributed by atoms with van der Waals surface area (Å²) in [5, 5.41) is 11.0. The van der Waals surface area contributed by atoms with Gasteiger partial charge in [0.2, 0.25) is 0 Å². The van der Waals surface area contributed by atoms with Gasteiger partial charge in [-0.2, -0.15) is 0 Å². The third kappa shape index (κ3) is 3.73. The summed E-state index contributed by atoms with van der Waals surface area (Å²) in [6.45, 7) is 5.66. The van der Waals surface area contributed by atoms with E-state index in [1.165, 1.54) is 25.1 Å². The van der Waals surface area contributed by atoms with Crippen molar-refractivity contribution in [3.63, 3.8) is 0 Å². The second kappa shape index (κ2) is 7.00. The lowest BCUT2D eigenvalue weighted by atomic mass is 9.99. The van der Waals surface area contributed by atoms with E-state index >= 15 is 0 Å². The van der Waals surface area contributed by atoms with E-state index < -0.39 is 14.9 Å². The van der Waals surface area contributed by atoms with Crippen LogP contribution in [0.2, 0.25) is 0 Å². The fourth-order valence-corrected chi connectivity index (χ4v) is 3.47. The lowest BCUT2D eigenvalue weighted by molar-refractivity contribution is -0.385. The Morgan fingerprint density at radius 3 is 2.33 bits per heavy atom. The van der Waals surface area contributed by atoms with E-state index in [2.05, 4.69) is 18.6 Å². The molecule has 2 aromatic rings. The largest absolute Gasteiger partial charge is 0.279 e. The lowest BCUT2D eigenvalue weighted by Crippen LogP contribution is -2.14. The Balaban J connectivity index is 2.32. The first kappa shape index (κ1) is 17.9. The predicted octanol–water partition coefficient (Wildman–Crippen LogP) is 4.22. The standard InChI is InChI=1S/C17H20N2O4S/c1-4-12(2)14-8-10-15(11-9-14)24(22,23)18-16-6-5-7-17(13(16)3)19(20)21/h5-12,18H,4H2,1-3H3. The third-order valence-electron chi connectivity index (χ3n) is 4.12. The highest BCUT2D eigenvalue weighted by atomic mass is 32.2. The van der Waals surface area contributed by atoms with Gasteiger partial charge in [-0.25, -0.2) is 8.42 Å². The zero-order valence-corrected chi connectivity index (χ0v) is 14.6. The molecule has 0 heterocycles. The van der Waals surface area contributed by atoms with Crippen LogP contribution >= 0.6 is 0 Å². The topological polar surface area (TPSA) is 89.3 Å². The van der Waals surface area contributed by atoms with Gasteiger partial charge in [0.05, 0.1) is 21.1 Å². The van der Waals surface area contributed by atoms with Crippen LogP contribution in [-0.2, 0) is 10.0 Å². The third-order valence-corrected chi connectivity index (χ3v) is 5.50. The minimum Gasteiger partial charge on any atom is -0.279 e. The number of sulfonamides is 1. The monoisotopic (exact) mass is 348 g/mol. The molecular weight excluding hydrogens is 328 g/mol. The molecule has 24 heavy (non-hydrogen) atoms. The Morgan fingerprint density at radius 2 is 1.79 bits per heavy atom. The van der Waals surface area contributed by atoms with Crippen molar-refractivity contribution in [3.8, 4) is 0 Å². The van der Waals surface area contributed by atoms with Gasteiger partial charge in [0.15, 0.2) is 0 Å². The molecule has 0 radical (unpaired) electrons. The van der Waals surface area contributed by atoms with E-state index in [1.807, 2.05) is 0 Å². The number of nitro benzene ring substituents is 1. The van der Waals surface area contributed by atoms with Crippen LogP contribution < -0.4 is 4.72 Å². The Bertz CT molecular complexity index is 845. The molecule has 0 saturated heterocycles. The Labute approximate surface area is 141 Å². The molecule has 0 amide bonds. The van der Waals surface area contributed by atoms with Gasteiger partial charge < -0.3 is 0 Å². The number of hydrogen-bond acceptors (Lipinski definition) is 4. The van der Waals surface area contributed by atoms with Gasteiger partial charge in [-0.3, -0.25) is 14.8 Å². The van der Waals surface area contributed by atoms with Gasteiger partial charge in [-0.1, -0.05) is 32.0 Å². The maximum atomic E-state index is 12.5. The molecule has 0 aromatic heterocycles. The van der Waals surface area contributed by atoms with Crippen LogP contribution in [0.1, 0.15) is 37.3 Å². The van der Waals surface area contributed by atoms with E-state index in [9.17, 15) is 18.5 Å². The van der Waals surface area contributed by atoms with E-state index in [4.69, 9.17) is 0 Å². The molecule has 0 fully saturated rings. The zero-order chi connectivity index (χ0) is 17.9. The van der Waals surface area contributed by atoms with E-state index in [0.717, 1.165) is 12.0 Å². The second-order valence-electron chi connectivity index (χ2n) is 5.69. The first-order chi connectivity index (χ1) is 11.3. The number of nitro groups is 1. The van der Waals surface area contributed by atoms with Gasteiger partial charge in [-0.15, -0.1) is 0 Å². The van der Waals surface area contributed by atoms with Crippen molar-refractivity contribution in [3.05, 3.63) is 63.7 Å². The van der Waals surface area contributed by atoms with Crippen LogP contribution in [0.4, 0.5) is 11.4 Å². The van der Waals surface area contributed by atoms with Crippen molar-refractivity contribution >= 4 is 21.4 Å². The van der Waals surface area contributed by atoms with Gasteiger partial charge in [0.1, 0.15) is 0 Å². The normalized spacial score (nSPS) is 12.6. The Kier molecular flexibility index (Phi) is 5.23. The van der Waals surface area contributed by atoms with Crippen LogP contribution in [0.3, 0.4) is 0 Å². The van der Waals surface area contributed by atoms with Gasteiger partial charge >= 0.3 is 0 Å². The minimum absolute atomic E-state index is 0.123. The van der Waals surface area contributed by atoms with Gasteiger partial charge in [0.25, 0.3) is 15.7 Å². The van der Waals surface area contributed by atoms with Crippen molar-refractivity contribution in [2.45, 2.75) is 38.0 Å². The van der Waals surface area contributed by atoms with Crippen molar-refractivity contribution < 1.29 is 13.3 Å². The first-order valence-corrected chi connectivity index (χ1v) is 9.11. The van der Waals surface area contributed by atoms with Crippen molar-refractivity contribution in [2.24, 2.45) is 0 Å². The summed E-state index contributed by atoms with van der Waals surface area (Å²) in [4.78, 5) is 10.6. The van der Waals surface area contributed by atoms with Crippen LogP contribution in [0.25, 0.3) is 0 Å². The molecule has 128 valence electrons. The molecule has 1 N–H and O–H groups in total. The average molecular weight is 348 g/mol. The molecule has 2 rings (SSSR count). The first-order valence-electron chi connectivity index (χ1n) is 7.63. The molecule has 0 aliphatic heterocycles. The van der Waals surface area contributed by atoms with Crippen LogP contribution in [0.15, 0.2) is 47.4 Å².